The van der Waals surface area contributed by atoms with Gasteiger partial charge in [0.05, 0.1) is 18.7 Å². The summed E-state index contributed by atoms with van der Waals surface area (Å²) in [5, 5.41) is 22.7. The van der Waals surface area contributed by atoms with Crippen molar-refractivity contribution in [3.05, 3.63) is 77.5 Å². The molecule has 140 valence electrons. The summed E-state index contributed by atoms with van der Waals surface area (Å²) in [5.74, 6) is 1.07. The van der Waals surface area contributed by atoms with Crippen molar-refractivity contribution in [2.45, 2.75) is 6.42 Å². The number of amides is 1. The van der Waals surface area contributed by atoms with Crippen molar-refractivity contribution in [1.82, 2.24) is 10.2 Å². The molecule has 0 aliphatic heterocycles. The van der Waals surface area contributed by atoms with Gasteiger partial charge in [-0.1, -0.05) is 12.1 Å². The first-order chi connectivity index (χ1) is 13.7. The standard InChI is InChI=1S/C21H19N5O2/c1-28-18-8-4-15(5-9-18)12-13-23-20-11-10-19(25-26-20)21(27)24-17-6-2-16(14-22)3-7-17/h2-11H,12-13H2,1H3,(H,23,26)(H,24,27). The molecule has 1 heterocycles. The Morgan fingerprint density at radius 1 is 1.04 bits per heavy atom. The Kier molecular flexibility index (Phi) is 6.16. The van der Waals surface area contributed by atoms with E-state index in [2.05, 4.69) is 20.8 Å². The van der Waals surface area contributed by atoms with Gasteiger partial charge in [0.2, 0.25) is 0 Å². The highest BCUT2D eigenvalue weighted by Crippen LogP contribution is 2.13. The number of rotatable bonds is 7. The average molecular weight is 373 g/mol. The topological polar surface area (TPSA) is 99.9 Å². The van der Waals surface area contributed by atoms with Crippen LogP contribution in [0.1, 0.15) is 21.6 Å². The Morgan fingerprint density at radius 3 is 2.39 bits per heavy atom. The van der Waals surface area contributed by atoms with E-state index in [4.69, 9.17) is 10.00 Å². The van der Waals surface area contributed by atoms with Crippen LogP contribution in [0.3, 0.4) is 0 Å². The molecule has 0 fully saturated rings. The zero-order valence-electron chi connectivity index (χ0n) is 15.3. The molecule has 2 aromatic carbocycles. The van der Waals surface area contributed by atoms with Gasteiger partial charge >= 0.3 is 0 Å². The predicted molar refractivity (Wildman–Crippen MR) is 106 cm³/mol. The van der Waals surface area contributed by atoms with Crippen LogP contribution in [0, 0.1) is 11.3 Å². The number of nitrogens with one attached hydrogen (secondary N) is 2. The quantitative estimate of drug-likeness (QED) is 0.659. The van der Waals surface area contributed by atoms with Crippen LogP contribution in [0.15, 0.2) is 60.7 Å². The number of nitriles is 1. The van der Waals surface area contributed by atoms with E-state index < -0.39 is 0 Å². The van der Waals surface area contributed by atoms with Crippen LogP contribution < -0.4 is 15.4 Å². The number of nitrogens with zero attached hydrogens (tertiary/aromatic N) is 3. The summed E-state index contributed by atoms with van der Waals surface area (Å²) in [5.41, 5.74) is 2.51. The third-order valence-corrected chi connectivity index (χ3v) is 4.05. The lowest BCUT2D eigenvalue weighted by Gasteiger charge is -2.07. The minimum absolute atomic E-state index is 0.213. The molecule has 0 aliphatic rings. The molecule has 28 heavy (non-hydrogen) atoms. The molecule has 1 aromatic heterocycles. The molecule has 0 saturated heterocycles. The number of methoxy groups -OCH3 is 1. The third-order valence-electron chi connectivity index (χ3n) is 4.05. The zero-order valence-corrected chi connectivity index (χ0v) is 15.3. The lowest BCUT2D eigenvalue weighted by atomic mass is 10.1. The smallest absolute Gasteiger partial charge is 0.276 e. The average Bonchev–Trinajstić information content (AvgIpc) is 2.75. The second-order valence-electron chi connectivity index (χ2n) is 5.97. The molecular weight excluding hydrogens is 354 g/mol. The summed E-state index contributed by atoms with van der Waals surface area (Å²) >= 11 is 0. The van der Waals surface area contributed by atoms with Crippen molar-refractivity contribution in [2.75, 3.05) is 24.3 Å². The molecule has 0 radical (unpaired) electrons. The second kappa shape index (κ2) is 9.14. The minimum atomic E-state index is -0.359. The fraction of sp³-hybridized carbons (Fsp3) is 0.143. The highest BCUT2D eigenvalue weighted by atomic mass is 16.5. The number of aromatic nitrogens is 2. The molecule has 2 N–H and O–H groups in total. The first-order valence-corrected chi connectivity index (χ1v) is 8.70. The van der Waals surface area contributed by atoms with Gasteiger partial charge in [0.1, 0.15) is 11.6 Å². The number of hydrogen-bond donors (Lipinski definition) is 2. The maximum Gasteiger partial charge on any atom is 0.276 e. The lowest BCUT2D eigenvalue weighted by Crippen LogP contribution is -2.15. The minimum Gasteiger partial charge on any atom is -0.497 e. The maximum absolute atomic E-state index is 12.2. The Morgan fingerprint density at radius 2 is 1.79 bits per heavy atom. The summed E-state index contributed by atoms with van der Waals surface area (Å²) in [6, 6.07) is 19.9. The van der Waals surface area contributed by atoms with Crippen molar-refractivity contribution in [2.24, 2.45) is 0 Å². The first-order valence-electron chi connectivity index (χ1n) is 8.70. The Bertz CT molecular complexity index is 962. The van der Waals surface area contributed by atoms with Crippen LogP contribution in [0.5, 0.6) is 5.75 Å². The van der Waals surface area contributed by atoms with Crippen LogP contribution in [0.2, 0.25) is 0 Å². The van der Waals surface area contributed by atoms with Gasteiger partial charge in [-0.3, -0.25) is 4.79 Å². The molecule has 0 saturated carbocycles. The fourth-order valence-electron chi connectivity index (χ4n) is 2.50. The monoisotopic (exact) mass is 373 g/mol. The number of ether oxygens (including phenoxy) is 1. The van der Waals surface area contributed by atoms with Crippen LogP contribution in [0.25, 0.3) is 0 Å². The molecule has 0 atom stereocenters. The van der Waals surface area contributed by atoms with Crippen LogP contribution in [0.4, 0.5) is 11.5 Å². The van der Waals surface area contributed by atoms with E-state index >= 15 is 0 Å². The van der Waals surface area contributed by atoms with E-state index in [0.717, 1.165) is 12.2 Å². The molecule has 7 nitrogen and oxygen atoms in total. The Hall–Kier alpha value is -3.92. The van der Waals surface area contributed by atoms with Crippen molar-refractivity contribution in [3.8, 4) is 11.8 Å². The third kappa shape index (κ3) is 5.05. The normalized spacial score (nSPS) is 10.0. The highest BCUT2D eigenvalue weighted by molar-refractivity contribution is 6.02. The molecule has 3 aromatic rings. The van der Waals surface area contributed by atoms with E-state index in [1.165, 1.54) is 5.56 Å². The number of hydrogen-bond acceptors (Lipinski definition) is 6. The van der Waals surface area contributed by atoms with Gasteiger partial charge in [0, 0.05) is 12.2 Å². The van der Waals surface area contributed by atoms with Gasteiger partial charge in [0.15, 0.2) is 5.69 Å². The van der Waals surface area contributed by atoms with Gasteiger partial charge in [-0.15, -0.1) is 10.2 Å². The SMILES string of the molecule is COc1ccc(CCNc2ccc(C(=O)Nc3ccc(C#N)cc3)nn2)cc1. The fourth-order valence-corrected chi connectivity index (χ4v) is 2.50. The van der Waals surface area contributed by atoms with Crippen LogP contribution in [-0.4, -0.2) is 29.8 Å². The largest absolute Gasteiger partial charge is 0.497 e. The molecule has 0 aliphatic carbocycles. The van der Waals surface area contributed by atoms with E-state index in [-0.39, 0.29) is 11.6 Å². The summed E-state index contributed by atoms with van der Waals surface area (Å²) in [4.78, 5) is 12.2. The summed E-state index contributed by atoms with van der Waals surface area (Å²) in [7, 11) is 1.64. The van der Waals surface area contributed by atoms with E-state index in [1.54, 1.807) is 43.5 Å². The summed E-state index contributed by atoms with van der Waals surface area (Å²) in [6.07, 6.45) is 0.826. The molecule has 0 spiro atoms. The molecule has 0 bridgehead atoms. The molecule has 0 unspecified atom stereocenters. The summed E-state index contributed by atoms with van der Waals surface area (Å²) < 4.78 is 5.14. The van der Waals surface area contributed by atoms with E-state index in [0.29, 0.717) is 23.6 Å². The molecule has 3 rings (SSSR count). The molecule has 7 heteroatoms. The van der Waals surface area contributed by atoms with Gasteiger partial charge in [-0.25, -0.2) is 0 Å². The first kappa shape index (κ1) is 18.9. The highest BCUT2D eigenvalue weighted by Gasteiger charge is 2.09. The summed E-state index contributed by atoms with van der Waals surface area (Å²) in [6.45, 7) is 0.692. The van der Waals surface area contributed by atoms with Crippen molar-refractivity contribution in [3.63, 3.8) is 0 Å². The number of anilines is 2. The van der Waals surface area contributed by atoms with Crippen LogP contribution in [-0.2, 0) is 6.42 Å². The Balaban J connectivity index is 1.50. The number of carbonyl (C=O) groups is 1. The van der Waals surface area contributed by atoms with Crippen molar-refractivity contribution in [1.29, 1.82) is 5.26 Å². The second-order valence-corrected chi connectivity index (χ2v) is 5.97. The maximum atomic E-state index is 12.2. The van der Waals surface area contributed by atoms with Crippen molar-refractivity contribution < 1.29 is 9.53 Å². The van der Waals surface area contributed by atoms with E-state index in [9.17, 15) is 4.79 Å². The van der Waals surface area contributed by atoms with Gasteiger partial charge < -0.3 is 15.4 Å². The molecular formula is C21H19N5O2. The van der Waals surface area contributed by atoms with Crippen LogP contribution >= 0.6 is 0 Å². The van der Waals surface area contributed by atoms with Gasteiger partial charge in [-0.05, 0) is 60.5 Å². The molecule has 1 amide bonds. The lowest BCUT2D eigenvalue weighted by molar-refractivity contribution is 0.102. The van der Waals surface area contributed by atoms with Crippen molar-refractivity contribution >= 4 is 17.4 Å². The van der Waals surface area contributed by atoms with Gasteiger partial charge in [-0.2, -0.15) is 5.26 Å². The number of carbonyl (C=O) groups excluding carboxylic acids is 1. The van der Waals surface area contributed by atoms with Gasteiger partial charge in [0.25, 0.3) is 5.91 Å². The predicted octanol–water partition coefficient (Wildman–Crippen LogP) is 3.26. The number of benzene rings is 2. The van der Waals surface area contributed by atoms with E-state index in [1.807, 2.05) is 30.3 Å². The Labute approximate surface area is 163 Å². The zero-order chi connectivity index (χ0) is 19.8.